The molecule has 0 bridgehead atoms. The third-order valence-corrected chi connectivity index (χ3v) is 4.27. The summed E-state index contributed by atoms with van der Waals surface area (Å²) < 4.78 is 2.09. The fourth-order valence-corrected chi connectivity index (χ4v) is 3.09. The molecule has 2 rings (SSSR count). The fourth-order valence-electron chi connectivity index (χ4n) is 3.09. The predicted molar refractivity (Wildman–Crippen MR) is 88.4 cm³/mol. The van der Waals surface area contributed by atoms with Gasteiger partial charge in [0.05, 0.1) is 5.69 Å². The Morgan fingerprint density at radius 2 is 1.81 bits per heavy atom. The lowest BCUT2D eigenvalue weighted by atomic mass is 10.0. The molecule has 3 heteroatoms. The molecule has 0 aliphatic heterocycles. The van der Waals surface area contributed by atoms with Crippen molar-refractivity contribution in [1.82, 2.24) is 15.1 Å². The first-order chi connectivity index (χ1) is 10.1. The van der Waals surface area contributed by atoms with Crippen LogP contribution >= 0.6 is 0 Å². The molecule has 1 N–H and O–H groups in total. The molecule has 21 heavy (non-hydrogen) atoms. The van der Waals surface area contributed by atoms with E-state index in [9.17, 15) is 0 Å². The average Bonchev–Trinajstić information content (AvgIpc) is 2.79. The summed E-state index contributed by atoms with van der Waals surface area (Å²) in [6.07, 6.45) is 1.08. The molecule has 0 amide bonds. The van der Waals surface area contributed by atoms with E-state index in [0.29, 0.717) is 6.04 Å². The van der Waals surface area contributed by atoms with Gasteiger partial charge in [0.25, 0.3) is 0 Å². The summed E-state index contributed by atoms with van der Waals surface area (Å²) in [6, 6.07) is 8.98. The lowest BCUT2D eigenvalue weighted by molar-refractivity contribution is 0.564. The van der Waals surface area contributed by atoms with E-state index in [1.54, 1.807) is 0 Å². The molecular formula is C18H27N3. The first-order valence-corrected chi connectivity index (χ1v) is 7.92. The third-order valence-electron chi connectivity index (χ3n) is 4.27. The summed E-state index contributed by atoms with van der Waals surface area (Å²) in [4.78, 5) is 0. The van der Waals surface area contributed by atoms with Crippen LogP contribution in [0.2, 0.25) is 0 Å². The van der Waals surface area contributed by atoms with E-state index in [-0.39, 0.29) is 0 Å². The van der Waals surface area contributed by atoms with E-state index < -0.39 is 0 Å². The zero-order valence-corrected chi connectivity index (χ0v) is 13.9. The SMILES string of the molecule is CCc1ccccc1CNC(C)c1c(C)nn(CC)c1C. The molecule has 0 aliphatic rings. The van der Waals surface area contributed by atoms with Crippen molar-refractivity contribution in [3.05, 3.63) is 52.3 Å². The van der Waals surface area contributed by atoms with Crippen molar-refractivity contribution >= 4 is 0 Å². The zero-order chi connectivity index (χ0) is 15.4. The van der Waals surface area contributed by atoms with Gasteiger partial charge in [0, 0.05) is 30.4 Å². The van der Waals surface area contributed by atoms with Crippen LogP contribution in [-0.2, 0) is 19.5 Å². The molecule has 1 unspecified atom stereocenters. The van der Waals surface area contributed by atoms with Crippen LogP contribution in [0.4, 0.5) is 0 Å². The molecule has 0 saturated heterocycles. The van der Waals surface area contributed by atoms with Gasteiger partial charge in [-0.25, -0.2) is 0 Å². The van der Waals surface area contributed by atoms with Crippen molar-refractivity contribution in [1.29, 1.82) is 0 Å². The van der Waals surface area contributed by atoms with Gasteiger partial charge in [-0.3, -0.25) is 4.68 Å². The Morgan fingerprint density at radius 3 is 2.38 bits per heavy atom. The van der Waals surface area contributed by atoms with Crippen molar-refractivity contribution < 1.29 is 0 Å². The average molecular weight is 285 g/mol. The minimum Gasteiger partial charge on any atom is -0.306 e. The van der Waals surface area contributed by atoms with Crippen LogP contribution in [0.25, 0.3) is 0 Å². The number of nitrogens with one attached hydrogen (secondary N) is 1. The lowest BCUT2D eigenvalue weighted by Crippen LogP contribution is -2.20. The van der Waals surface area contributed by atoms with Gasteiger partial charge in [0.1, 0.15) is 0 Å². The molecule has 1 aromatic heterocycles. The van der Waals surface area contributed by atoms with Crippen LogP contribution in [0, 0.1) is 13.8 Å². The molecule has 114 valence electrons. The fraction of sp³-hybridized carbons (Fsp3) is 0.500. The molecule has 1 heterocycles. The number of hydrogen-bond donors (Lipinski definition) is 1. The highest BCUT2D eigenvalue weighted by Crippen LogP contribution is 2.22. The molecule has 1 atom stereocenters. The van der Waals surface area contributed by atoms with Crippen LogP contribution in [0.5, 0.6) is 0 Å². The summed E-state index contributed by atoms with van der Waals surface area (Å²) in [5, 5.41) is 8.27. The van der Waals surface area contributed by atoms with E-state index in [2.05, 4.69) is 74.0 Å². The van der Waals surface area contributed by atoms with E-state index in [1.807, 2.05) is 0 Å². The number of aromatic nitrogens is 2. The largest absolute Gasteiger partial charge is 0.306 e. The van der Waals surface area contributed by atoms with Crippen molar-refractivity contribution in [2.24, 2.45) is 0 Å². The predicted octanol–water partition coefficient (Wildman–Crippen LogP) is 3.93. The van der Waals surface area contributed by atoms with Gasteiger partial charge in [-0.15, -0.1) is 0 Å². The third kappa shape index (κ3) is 3.35. The van der Waals surface area contributed by atoms with Gasteiger partial charge in [-0.1, -0.05) is 31.2 Å². The molecule has 0 aliphatic carbocycles. The summed E-state index contributed by atoms with van der Waals surface area (Å²) in [6.45, 7) is 12.7. The summed E-state index contributed by atoms with van der Waals surface area (Å²) in [7, 11) is 0. The quantitative estimate of drug-likeness (QED) is 0.871. The first-order valence-electron chi connectivity index (χ1n) is 7.92. The highest BCUT2D eigenvalue weighted by Gasteiger charge is 2.16. The van der Waals surface area contributed by atoms with Crippen LogP contribution < -0.4 is 5.32 Å². The van der Waals surface area contributed by atoms with Gasteiger partial charge in [0.2, 0.25) is 0 Å². The Morgan fingerprint density at radius 1 is 1.14 bits per heavy atom. The molecule has 1 aromatic carbocycles. The van der Waals surface area contributed by atoms with E-state index in [1.165, 1.54) is 22.4 Å². The van der Waals surface area contributed by atoms with Gasteiger partial charge >= 0.3 is 0 Å². The molecule has 0 spiro atoms. The standard InChI is InChI=1S/C18H27N3/c1-6-16-10-8-9-11-17(16)12-19-13(3)18-14(4)20-21(7-2)15(18)5/h8-11,13,19H,6-7,12H2,1-5H3. The maximum atomic E-state index is 4.62. The van der Waals surface area contributed by atoms with Crippen LogP contribution in [0.1, 0.15) is 54.9 Å². The topological polar surface area (TPSA) is 29.9 Å². The number of hydrogen-bond acceptors (Lipinski definition) is 2. The number of benzene rings is 1. The highest BCUT2D eigenvalue weighted by atomic mass is 15.3. The number of nitrogens with zero attached hydrogens (tertiary/aromatic N) is 2. The molecule has 2 aromatic rings. The van der Waals surface area contributed by atoms with Crippen molar-refractivity contribution in [2.75, 3.05) is 0 Å². The minimum absolute atomic E-state index is 0.315. The monoisotopic (exact) mass is 285 g/mol. The zero-order valence-electron chi connectivity index (χ0n) is 13.9. The Balaban J connectivity index is 2.12. The second kappa shape index (κ2) is 6.90. The van der Waals surface area contributed by atoms with Gasteiger partial charge < -0.3 is 5.32 Å². The molecular weight excluding hydrogens is 258 g/mol. The maximum Gasteiger partial charge on any atom is 0.0644 e. The second-order valence-electron chi connectivity index (χ2n) is 5.63. The Bertz CT molecular complexity index is 599. The Labute approximate surface area is 128 Å². The number of rotatable bonds is 6. The van der Waals surface area contributed by atoms with E-state index in [0.717, 1.165) is 25.2 Å². The lowest BCUT2D eigenvalue weighted by Gasteiger charge is -2.16. The summed E-state index contributed by atoms with van der Waals surface area (Å²) >= 11 is 0. The van der Waals surface area contributed by atoms with Crippen LogP contribution in [-0.4, -0.2) is 9.78 Å². The van der Waals surface area contributed by atoms with E-state index in [4.69, 9.17) is 0 Å². The number of aryl methyl sites for hydroxylation is 3. The van der Waals surface area contributed by atoms with Crippen molar-refractivity contribution in [2.45, 2.75) is 60.2 Å². The van der Waals surface area contributed by atoms with Gasteiger partial charge in [-0.05, 0) is 45.2 Å². The van der Waals surface area contributed by atoms with Crippen molar-refractivity contribution in [3.63, 3.8) is 0 Å². The molecule has 0 saturated carbocycles. The smallest absolute Gasteiger partial charge is 0.0644 e. The second-order valence-corrected chi connectivity index (χ2v) is 5.63. The Kier molecular flexibility index (Phi) is 5.18. The molecule has 0 fully saturated rings. The van der Waals surface area contributed by atoms with Crippen LogP contribution in [0.3, 0.4) is 0 Å². The summed E-state index contributed by atoms with van der Waals surface area (Å²) in [5.41, 5.74) is 6.57. The van der Waals surface area contributed by atoms with Crippen molar-refractivity contribution in [3.8, 4) is 0 Å². The van der Waals surface area contributed by atoms with Crippen LogP contribution in [0.15, 0.2) is 24.3 Å². The normalized spacial score (nSPS) is 12.6. The van der Waals surface area contributed by atoms with Gasteiger partial charge in [-0.2, -0.15) is 5.10 Å². The molecule has 3 nitrogen and oxygen atoms in total. The van der Waals surface area contributed by atoms with E-state index >= 15 is 0 Å². The Hall–Kier alpha value is -1.61. The maximum absolute atomic E-state index is 4.62. The first kappa shape index (κ1) is 15.8. The highest BCUT2D eigenvalue weighted by molar-refractivity contribution is 5.29. The summed E-state index contributed by atoms with van der Waals surface area (Å²) in [5.74, 6) is 0. The minimum atomic E-state index is 0.315. The molecule has 0 radical (unpaired) electrons. The van der Waals surface area contributed by atoms with Gasteiger partial charge in [0.15, 0.2) is 0 Å².